The maximum atomic E-state index is 13.0. The van der Waals surface area contributed by atoms with Gasteiger partial charge in [-0.15, -0.1) is 0 Å². The Balaban J connectivity index is 1.89. The number of hydrogen-bond donors (Lipinski definition) is 0. The molecule has 1 aromatic carbocycles. The third-order valence-corrected chi connectivity index (χ3v) is 6.88. The fourth-order valence-corrected chi connectivity index (χ4v) is 4.85. The number of benzene rings is 1. The molecule has 1 aromatic rings. The van der Waals surface area contributed by atoms with Gasteiger partial charge in [0.2, 0.25) is 0 Å². The molecule has 3 aliphatic rings. The minimum atomic E-state index is -3.50. The highest BCUT2D eigenvalue weighted by molar-refractivity contribution is 7.86. The van der Waals surface area contributed by atoms with E-state index < -0.39 is 10.2 Å². The summed E-state index contributed by atoms with van der Waals surface area (Å²) < 4.78 is 27.7. The first-order chi connectivity index (χ1) is 11.8. The van der Waals surface area contributed by atoms with Crippen LogP contribution in [0.15, 0.2) is 24.3 Å². The molecule has 1 amide bonds. The maximum Gasteiger partial charge on any atom is 0.281 e. The molecule has 25 heavy (non-hydrogen) atoms. The predicted octanol–water partition coefficient (Wildman–Crippen LogP) is 0.901. The van der Waals surface area contributed by atoms with Crippen molar-refractivity contribution in [3.05, 3.63) is 35.4 Å². The smallest absolute Gasteiger partial charge is 0.281 e. The Bertz CT molecular complexity index is 815. The lowest BCUT2D eigenvalue weighted by Gasteiger charge is -2.36. The third-order valence-electron chi connectivity index (χ3n) is 5.01. The van der Waals surface area contributed by atoms with E-state index in [2.05, 4.69) is 6.07 Å². The fourth-order valence-electron chi connectivity index (χ4n) is 3.63. The summed E-state index contributed by atoms with van der Waals surface area (Å²) in [6.45, 7) is 1.26. The molecule has 0 saturated carbocycles. The van der Waals surface area contributed by atoms with E-state index in [-0.39, 0.29) is 17.9 Å². The molecule has 3 aliphatic heterocycles. The number of nitriles is 1. The molecule has 2 atom stereocenters. The summed E-state index contributed by atoms with van der Waals surface area (Å²) in [5.74, 6) is -0.0670. The topological polar surface area (TPSA) is 84.7 Å². The number of hydrogen-bond acceptors (Lipinski definition) is 4. The maximum absolute atomic E-state index is 13.0. The summed E-state index contributed by atoms with van der Waals surface area (Å²) in [6.07, 6.45) is 1.69. The summed E-state index contributed by atoms with van der Waals surface area (Å²) in [4.78, 5) is 14.8. The molecule has 0 N–H and O–H groups in total. The van der Waals surface area contributed by atoms with E-state index >= 15 is 0 Å². The second-order valence-corrected chi connectivity index (χ2v) is 8.96. The van der Waals surface area contributed by atoms with Crippen LogP contribution in [0.3, 0.4) is 0 Å². The average molecular weight is 362 g/mol. The molecule has 2 unspecified atom stereocenters. The van der Waals surface area contributed by atoms with Crippen LogP contribution < -0.4 is 0 Å². The normalized spacial score (nSPS) is 24.2. The molecule has 2 bridgehead atoms. The lowest BCUT2D eigenvalue weighted by molar-refractivity contribution is 0.0588. The molecule has 3 saturated heterocycles. The molecular formula is C17H22N4O3S. The minimum Gasteiger partial charge on any atom is -0.334 e. The largest absolute Gasteiger partial charge is 0.334 e. The Labute approximate surface area is 148 Å². The highest BCUT2D eigenvalue weighted by atomic mass is 32.2. The van der Waals surface area contributed by atoms with Gasteiger partial charge in [0.25, 0.3) is 16.1 Å². The fraction of sp³-hybridized carbons (Fsp3) is 0.529. The lowest BCUT2D eigenvalue weighted by Crippen LogP contribution is -2.48. The van der Waals surface area contributed by atoms with Gasteiger partial charge in [-0.05, 0) is 30.9 Å². The number of piperidine rings is 1. The SMILES string of the molecule is CN(C)S(=O)(=O)N1CC2CCC(C1)N(C(=O)c1ccccc1C#N)C2. The second kappa shape index (κ2) is 6.75. The van der Waals surface area contributed by atoms with E-state index in [9.17, 15) is 18.5 Å². The molecule has 0 radical (unpaired) electrons. The van der Waals surface area contributed by atoms with Gasteiger partial charge in [0, 0.05) is 39.8 Å². The van der Waals surface area contributed by atoms with Crippen molar-refractivity contribution in [1.29, 1.82) is 5.26 Å². The van der Waals surface area contributed by atoms with Crippen molar-refractivity contribution in [1.82, 2.24) is 13.5 Å². The zero-order valence-electron chi connectivity index (χ0n) is 14.4. The van der Waals surface area contributed by atoms with Crippen LogP contribution >= 0.6 is 0 Å². The zero-order chi connectivity index (χ0) is 18.2. The number of carbonyl (C=O) groups is 1. The molecule has 3 heterocycles. The molecule has 134 valence electrons. The molecule has 0 aromatic heterocycles. The standard InChI is InChI=1S/C17H22N4O3S/c1-19(2)25(23,24)20-10-13-7-8-15(12-20)21(11-13)17(22)16-6-4-3-5-14(16)9-18/h3-6,13,15H,7-8,10-12H2,1-2H3. The van der Waals surface area contributed by atoms with Gasteiger partial charge in [-0.3, -0.25) is 4.79 Å². The highest BCUT2D eigenvalue weighted by Gasteiger charge is 2.41. The van der Waals surface area contributed by atoms with Crippen molar-refractivity contribution >= 4 is 16.1 Å². The van der Waals surface area contributed by atoms with Crippen molar-refractivity contribution in [3.63, 3.8) is 0 Å². The van der Waals surface area contributed by atoms with E-state index in [1.54, 1.807) is 29.2 Å². The minimum absolute atomic E-state index is 0.117. The summed E-state index contributed by atoms with van der Waals surface area (Å²) >= 11 is 0. The number of fused-ring (bicyclic) bond motifs is 4. The van der Waals surface area contributed by atoms with E-state index in [0.717, 1.165) is 12.8 Å². The van der Waals surface area contributed by atoms with Gasteiger partial charge in [0.15, 0.2) is 0 Å². The summed E-state index contributed by atoms with van der Waals surface area (Å²) in [5.41, 5.74) is 0.741. The van der Waals surface area contributed by atoms with Gasteiger partial charge < -0.3 is 4.90 Å². The lowest BCUT2D eigenvalue weighted by atomic mass is 9.94. The Hall–Kier alpha value is -1.95. The predicted molar refractivity (Wildman–Crippen MR) is 92.9 cm³/mol. The van der Waals surface area contributed by atoms with E-state index in [0.29, 0.717) is 30.8 Å². The molecule has 8 heteroatoms. The molecule has 4 rings (SSSR count). The van der Waals surface area contributed by atoms with Crippen molar-refractivity contribution < 1.29 is 13.2 Å². The summed E-state index contributed by atoms with van der Waals surface area (Å²) in [5, 5.41) is 9.25. The molecule has 3 fully saturated rings. The molecule has 7 nitrogen and oxygen atoms in total. The quantitative estimate of drug-likeness (QED) is 0.800. The first kappa shape index (κ1) is 17.9. The van der Waals surface area contributed by atoms with Crippen LogP contribution in [0.25, 0.3) is 0 Å². The number of carbonyl (C=O) groups excluding carboxylic acids is 1. The van der Waals surface area contributed by atoms with Crippen molar-refractivity contribution in [2.45, 2.75) is 18.9 Å². The van der Waals surface area contributed by atoms with Crippen LogP contribution in [0, 0.1) is 17.2 Å². The van der Waals surface area contributed by atoms with Crippen molar-refractivity contribution in [2.24, 2.45) is 5.92 Å². The Morgan fingerprint density at radius 3 is 2.60 bits per heavy atom. The summed E-state index contributed by atoms with van der Waals surface area (Å²) in [6, 6.07) is 8.67. The number of nitrogens with zero attached hydrogens (tertiary/aromatic N) is 4. The van der Waals surface area contributed by atoms with Gasteiger partial charge in [0.1, 0.15) is 0 Å². The van der Waals surface area contributed by atoms with Gasteiger partial charge in [-0.25, -0.2) is 0 Å². The van der Waals surface area contributed by atoms with E-state index in [4.69, 9.17) is 0 Å². The first-order valence-electron chi connectivity index (χ1n) is 8.32. The number of rotatable bonds is 3. The third kappa shape index (κ3) is 3.27. The molecule has 0 aliphatic carbocycles. The van der Waals surface area contributed by atoms with Gasteiger partial charge >= 0.3 is 0 Å². The van der Waals surface area contributed by atoms with Crippen LogP contribution in [-0.4, -0.2) is 67.6 Å². The van der Waals surface area contributed by atoms with Crippen LogP contribution in [0.2, 0.25) is 0 Å². The van der Waals surface area contributed by atoms with Crippen molar-refractivity contribution in [3.8, 4) is 6.07 Å². The first-order valence-corrected chi connectivity index (χ1v) is 9.72. The molecule has 0 spiro atoms. The van der Waals surface area contributed by atoms with E-state index in [1.165, 1.54) is 22.7 Å². The Morgan fingerprint density at radius 2 is 1.92 bits per heavy atom. The van der Waals surface area contributed by atoms with Crippen LogP contribution in [0.4, 0.5) is 0 Å². The summed E-state index contributed by atoms with van der Waals surface area (Å²) in [7, 11) is -0.455. The van der Waals surface area contributed by atoms with E-state index in [1.807, 2.05) is 0 Å². The van der Waals surface area contributed by atoms with Gasteiger partial charge in [0.05, 0.1) is 17.2 Å². The van der Waals surface area contributed by atoms with Crippen LogP contribution in [0.5, 0.6) is 0 Å². The zero-order valence-corrected chi connectivity index (χ0v) is 15.2. The number of amides is 1. The molecular weight excluding hydrogens is 340 g/mol. The van der Waals surface area contributed by atoms with Gasteiger partial charge in [-0.1, -0.05) is 12.1 Å². The average Bonchev–Trinajstić information content (AvgIpc) is 2.93. The highest BCUT2D eigenvalue weighted by Crippen LogP contribution is 2.31. The van der Waals surface area contributed by atoms with Crippen molar-refractivity contribution in [2.75, 3.05) is 33.7 Å². The Morgan fingerprint density at radius 1 is 1.20 bits per heavy atom. The van der Waals surface area contributed by atoms with Crippen LogP contribution in [0.1, 0.15) is 28.8 Å². The van der Waals surface area contributed by atoms with Gasteiger partial charge in [-0.2, -0.15) is 22.3 Å². The Kier molecular flexibility index (Phi) is 4.82. The van der Waals surface area contributed by atoms with Crippen LogP contribution in [-0.2, 0) is 10.2 Å². The monoisotopic (exact) mass is 362 g/mol. The second-order valence-electron chi connectivity index (χ2n) is 6.82.